The minimum absolute atomic E-state index is 0.0318. The molecule has 178 valence electrons. The summed E-state index contributed by atoms with van der Waals surface area (Å²) < 4.78 is 26.8. The van der Waals surface area contributed by atoms with Crippen molar-refractivity contribution in [1.29, 1.82) is 0 Å². The highest BCUT2D eigenvalue weighted by Crippen LogP contribution is 2.30. The van der Waals surface area contributed by atoms with Crippen molar-refractivity contribution in [2.75, 3.05) is 29.0 Å². The van der Waals surface area contributed by atoms with E-state index in [0.717, 1.165) is 17.1 Å². The maximum absolute atomic E-state index is 13.1. The van der Waals surface area contributed by atoms with E-state index in [0.29, 0.717) is 24.2 Å². The summed E-state index contributed by atoms with van der Waals surface area (Å²) in [6, 6.07) is 8.92. The smallest absolute Gasteiger partial charge is 0.237 e. The number of hydrogen-bond donors (Lipinski definition) is 2. The van der Waals surface area contributed by atoms with Gasteiger partial charge in [0.25, 0.3) is 0 Å². The third-order valence-corrected chi connectivity index (χ3v) is 7.40. The number of nitrogens with one attached hydrogen (secondary N) is 2. The van der Waals surface area contributed by atoms with Gasteiger partial charge in [0.05, 0.1) is 34.4 Å². The highest BCUT2D eigenvalue weighted by molar-refractivity contribution is 7.93. The van der Waals surface area contributed by atoms with E-state index in [1.165, 1.54) is 6.20 Å². The molecule has 0 saturated heterocycles. The van der Waals surface area contributed by atoms with Gasteiger partial charge in [-0.15, -0.1) is 0 Å². The Balaban J connectivity index is 1.48. The fourth-order valence-electron chi connectivity index (χ4n) is 3.18. The molecule has 2 N–H and O–H groups in total. The van der Waals surface area contributed by atoms with Gasteiger partial charge in [-0.3, -0.25) is 14.5 Å². The molecule has 1 aliphatic rings. The number of nitrogens with zero attached hydrogens (tertiary/aromatic N) is 5. The first-order valence-corrected chi connectivity index (χ1v) is 12.4. The van der Waals surface area contributed by atoms with E-state index in [1.807, 2.05) is 31.1 Å². The van der Waals surface area contributed by atoms with Crippen LogP contribution in [0.25, 0.3) is 11.3 Å². The highest BCUT2D eigenvalue weighted by atomic mass is 32.2. The van der Waals surface area contributed by atoms with Crippen LogP contribution in [0.1, 0.15) is 32.4 Å². The molecule has 0 unspecified atom stereocenters. The van der Waals surface area contributed by atoms with Crippen LogP contribution >= 0.6 is 0 Å². The van der Waals surface area contributed by atoms with Gasteiger partial charge in [-0.2, -0.15) is 0 Å². The Morgan fingerprint density at radius 2 is 1.76 bits per heavy atom. The monoisotopic (exact) mass is 481 g/mol. The zero-order valence-corrected chi connectivity index (χ0v) is 20.3. The van der Waals surface area contributed by atoms with Crippen LogP contribution in [0.4, 0.5) is 17.5 Å². The average Bonchev–Trinajstić information content (AvgIpc) is 3.66. The number of carbonyl (C=O) groups is 1. The number of anilines is 3. The predicted octanol–water partition coefficient (Wildman–Crippen LogP) is 2.82. The van der Waals surface area contributed by atoms with Crippen LogP contribution in [0.2, 0.25) is 0 Å². The van der Waals surface area contributed by atoms with E-state index >= 15 is 0 Å². The Morgan fingerprint density at radius 3 is 2.41 bits per heavy atom. The van der Waals surface area contributed by atoms with Crippen LogP contribution in [0.3, 0.4) is 0 Å². The first kappa shape index (κ1) is 23.6. The van der Waals surface area contributed by atoms with E-state index in [1.54, 1.807) is 44.4 Å². The Bertz CT molecular complexity index is 1300. The second kappa shape index (κ2) is 8.98. The van der Waals surface area contributed by atoms with Crippen LogP contribution in [-0.2, 0) is 20.2 Å². The van der Waals surface area contributed by atoms with Gasteiger partial charge in [-0.1, -0.05) is 12.1 Å². The molecule has 0 aliphatic heterocycles. The zero-order chi connectivity index (χ0) is 24.5. The molecule has 11 heteroatoms. The standard InChI is InChI=1S/C23H27N7O3S/c1-23(2,19-11-12-25-22(28-19)29-34(32,33)17-9-10-17)21(31)26-16-7-5-15(6-8-16)18-13-24-14-20(27-18)30(3)4/h5-8,11-14,17H,9-10H2,1-4H3,(H,26,31)(H,25,28,29). The topological polar surface area (TPSA) is 130 Å². The van der Waals surface area contributed by atoms with Crippen molar-refractivity contribution in [3.8, 4) is 11.3 Å². The molecule has 1 fully saturated rings. The minimum atomic E-state index is -3.49. The summed E-state index contributed by atoms with van der Waals surface area (Å²) >= 11 is 0. The van der Waals surface area contributed by atoms with Gasteiger partial charge in [0.15, 0.2) is 0 Å². The number of rotatable bonds is 8. The van der Waals surface area contributed by atoms with Crippen LogP contribution in [0.5, 0.6) is 0 Å². The lowest BCUT2D eigenvalue weighted by molar-refractivity contribution is -0.120. The van der Waals surface area contributed by atoms with Gasteiger partial charge >= 0.3 is 0 Å². The summed E-state index contributed by atoms with van der Waals surface area (Å²) in [6.45, 7) is 3.45. The number of benzene rings is 1. The summed E-state index contributed by atoms with van der Waals surface area (Å²) in [5.41, 5.74) is 1.58. The van der Waals surface area contributed by atoms with Gasteiger partial charge in [-0.25, -0.2) is 23.4 Å². The van der Waals surface area contributed by atoms with Crippen molar-refractivity contribution < 1.29 is 13.2 Å². The van der Waals surface area contributed by atoms with Gasteiger partial charge in [0, 0.05) is 31.5 Å². The Kier molecular flexibility index (Phi) is 6.22. The largest absolute Gasteiger partial charge is 0.361 e. The summed E-state index contributed by atoms with van der Waals surface area (Å²) in [5.74, 6) is 0.431. The van der Waals surface area contributed by atoms with Gasteiger partial charge in [0.1, 0.15) is 5.82 Å². The van der Waals surface area contributed by atoms with Crippen molar-refractivity contribution in [3.63, 3.8) is 0 Å². The van der Waals surface area contributed by atoms with E-state index in [9.17, 15) is 13.2 Å². The van der Waals surface area contributed by atoms with E-state index in [2.05, 4.69) is 30.0 Å². The lowest BCUT2D eigenvalue weighted by atomic mass is 9.88. The fourth-order valence-corrected chi connectivity index (χ4v) is 4.46. The SMILES string of the molecule is CN(C)c1cncc(-c2ccc(NC(=O)C(C)(C)c3ccnc(NS(=O)(=O)C4CC4)n3)cc2)n1. The molecule has 4 rings (SSSR count). The molecule has 0 radical (unpaired) electrons. The molecule has 2 aromatic heterocycles. The molecule has 1 aliphatic carbocycles. The van der Waals surface area contributed by atoms with Crippen molar-refractivity contribution in [2.45, 2.75) is 37.4 Å². The Labute approximate surface area is 198 Å². The second-order valence-corrected chi connectivity index (χ2v) is 10.9. The molecule has 3 aromatic rings. The molecule has 34 heavy (non-hydrogen) atoms. The molecule has 1 aromatic carbocycles. The number of hydrogen-bond acceptors (Lipinski definition) is 8. The molecule has 1 saturated carbocycles. The fraction of sp³-hybridized carbons (Fsp3) is 0.348. The van der Waals surface area contributed by atoms with Crippen molar-refractivity contribution in [2.24, 2.45) is 0 Å². The predicted molar refractivity (Wildman–Crippen MR) is 131 cm³/mol. The van der Waals surface area contributed by atoms with Crippen LogP contribution in [0, 0.1) is 0 Å². The molecular formula is C23H27N7O3S. The molecule has 0 atom stereocenters. The summed E-state index contributed by atoms with van der Waals surface area (Å²) in [7, 11) is 0.306. The maximum Gasteiger partial charge on any atom is 0.237 e. The number of amides is 1. The summed E-state index contributed by atoms with van der Waals surface area (Å²) in [6.07, 6.45) is 6.09. The van der Waals surface area contributed by atoms with Crippen molar-refractivity contribution in [3.05, 3.63) is 54.6 Å². The van der Waals surface area contributed by atoms with Crippen LogP contribution in [-0.4, -0.2) is 53.6 Å². The minimum Gasteiger partial charge on any atom is -0.361 e. The van der Waals surface area contributed by atoms with E-state index in [4.69, 9.17) is 0 Å². The molecule has 10 nitrogen and oxygen atoms in total. The van der Waals surface area contributed by atoms with E-state index < -0.39 is 20.7 Å². The van der Waals surface area contributed by atoms with Crippen LogP contribution in [0.15, 0.2) is 48.9 Å². The second-order valence-electron chi connectivity index (χ2n) is 8.93. The average molecular weight is 482 g/mol. The molecule has 2 heterocycles. The highest BCUT2D eigenvalue weighted by Gasteiger charge is 2.37. The third kappa shape index (κ3) is 5.14. The van der Waals surface area contributed by atoms with Gasteiger partial charge in [-0.05, 0) is 44.9 Å². The molecule has 0 spiro atoms. The Hall–Kier alpha value is -3.60. The lowest BCUT2D eigenvalue weighted by Gasteiger charge is -2.23. The van der Waals surface area contributed by atoms with Gasteiger partial charge in [0.2, 0.25) is 21.9 Å². The summed E-state index contributed by atoms with van der Waals surface area (Å²) in [4.78, 5) is 32.1. The number of sulfonamides is 1. The normalized spacial score (nSPS) is 13.9. The summed E-state index contributed by atoms with van der Waals surface area (Å²) in [5, 5.41) is 2.51. The quantitative estimate of drug-likeness (QED) is 0.502. The first-order chi connectivity index (χ1) is 16.1. The van der Waals surface area contributed by atoms with Crippen molar-refractivity contribution in [1.82, 2.24) is 19.9 Å². The first-order valence-electron chi connectivity index (χ1n) is 10.8. The molecular weight excluding hydrogens is 454 g/mol. The van der Waals surface area contributed by atoms with Crippen molar-refractivity contribution >= 4 is 33.4 Å². The number of aromatic nitrogens is 4. The van der Waals surface area contributed by atoms with E-state index in [-0.39, 0.29) is 11.9 Å². The lowest BCUT2D eigenvalue weighted by Crippen LogP contribution is -2.36. The molecule has 0 bridgehead atoms. The molecule has 1 amide bonds. The van der Waals surface area contributed by atoms with Crippen LogP contribution < -0.4 is 14.9 Å². The van der Waals surface area contributed by atoms with Gasteiger partial charge < -0.3 is 10.2 Å². The Morgan fingerprint density at radius 1 is 1.06 bits per heavy atom. The maximum atomic E-state index is 13.1. The zero-order valence-electron chi connectivity index (χ0n) is 19.5. The third-order valence-electron chi connectivity index (χ3n) is 5.58. The number of carbonyl (C=O) groups excluding carboxylic acids is 1.